The number of nitrogens with zero attached hydrogens (tertiary/aromatic N) is 2. The monoisotopic (exact) mass is 200 g/mol. The molecule has 64 valence electrons. The van der Waals surface area contributed by atoms with Gasteiger partial charge in [-0.2, -0.15) is 5.10 Å². The lowest BCUT2D eigenvalue weighted by molar-refractivity contribution is 0.973. The average molecular weight is 201 g/mol. The minimum Gasteiger partial charge on any atom is -0.157 e. The Kier molecular flexibility index (Phi) is 3.12. The molecule has 0 unspecified atom stereocenters. The Hall–Kier alpha value is -0.540. The molecule has 2 nitrogen and oxygen atoms in total. The predicted molar refractivity (Wildman–Crippen MR) is 53.5 cm³/mol. The van der Waals surface area contributed by atoms with Crippen LogP contribution in [0.5, 0.6) is 0 Å². The van der Waals surface area contributed by atoms with E-state index in [-0.39, 0.29) is 0 Å². The van der Waals surface area contributed by atoms with E-state index in [1.807, 2.05) is 13.2 Å². The summed E-state index contributed by atoms with van der Waals surface area (Å²) in [6.07, 6.45) is 3.50. The normalized spacial score (nSPS) is 9.92. The molecule has 0 aliphatic heterocycles. The third-order valence-electron chi connectivity index (χ3n) is 1.37. The highest BCUT2D eigenvalue weighted by atomic mass is 35.5. The highest BCUT2D eigenvalue weighted by molar-refractivity contribution is 7.98. The number of halogens is 1. The Morgan fingerprint density at radius 1 is 1.67 bits per heavy atom. The summed E-state index contributed by atoms with van der Waals surface area (Å²) in [7, 11) is 0. The molecule has 0 aliphatic carbocycles. The highest BCUT2D eigenvalue weighted by Gasteiger charge is 2.08. The second-order valence-corrected chi connectivity index (χ2v) is 3.58. The van der Waals surface area contributed by atoms with Crippen LogP contribution in [0.3, 0.4) is 0 Å². The van der Waals surface area contributed by atoms with Crippen molar-refractivity contribution in [3.63, 3.8) is 0 Å². The van der Waals surface area contributed by atoms with Crippen LogP contribution in [-0.2, 0) is 0 Å². The van der Waals surface area contributed by atoms with Gasteiger partial charge in [0.05, 0.1) is 16.1 Å². The molecule has 0 fully saturated rings. The van der Waals surface area contributed by atoms with Gasteiger partial charge in [-0.3, -0.25) is 0 Å². The summed E-state index contributed by atoms with van der Waals surface area (Å²) in [5, 5.41) is 8.35. The van der Waals surface area contributed by atoms with Crippen molar-refractivity contribution in [3.05, 3.63) is 23.5 Å². The Morgan fingerprint density at radius 2 is 2.33 bits per heavy atom. The van der Waals surface area contributed by atoms with Crippen LogP contribution in [0.4, 0.5) is 0 Å². The average Bonchev–Trinajstić information content (AvgIpc) is 2.03. The molecule has 0 N–H and O–H groups in total. The standard InChI is InChI=1S/C8H9ClN2S/c1-5(2)7-8(12-3)6(9)4-10-11-7/h4H,1H2,2-3H3. The zero-order chi connectivity index (χ0) is 9.14. The third-order valence-corrected chi connectivity index (χ3v) is 2.59. The van der Waals surface area contributed by atoms with Gasteiger partial charge in [0.25, 0.3) is 0 Å². The maximum atomic E-state index is 5.91. The maximum Gasteiger partial charge on any atom is 0.103 e. The van der Waals surface area contributed by atoms with E-state index in [1.165, 1.54) is 0 Å². The number of thioether (sulfide) groups is 1. The molecule has 0 spiro atoms. The smallest absolute Gasteiger partial charge is 0.103 e. The van der Waals surface area contributed by atoms with E-state index < -0.39 is 0 Å². The number of rotatable bonds is 2. The first-order chi connectivity index (χ1) is 5.66. The van der Waals surface area contributed by atoms with Crippen molar-refractivity contribution in [2.75, 3.05) is 6.26 Å². The van der Waals surface area contributed by atoms with E-state index in [0.717, 1.165) is 16.2 Å². The number of aromatic nitrogens is 2. The van der Waals surface area contributed by atoms with E-state index in [4.69, 9.17) is 11.6 Å². The quantitative estimate of drug-likeness (QED) is 0.687. The van der Waals surface area contributed by atoms with Gasteiger partial charge in [0.2, 0.25) is 0 Å². The molecule has 0 aliphatic rings. The van der Waals surface area contributed by atoms with Gasteiger partial charge in [0, 0.05) is 0 Å². The van der Waals surface area contributed by atoms with E-state index in [1.54, 1.807) is 18.0 Å². The summed E-state index contributed by atoms with van der Waals surface area (Å²) in [4.78, 5) is 0.944. The predicted octanol–water partition coefficient (Wildman–Crippen LogP) is 2.89. The van der Waals surface area contributed by atoms with Gasteiger partial charge in [-0.05, 0) is 18.8 Å². The van der Waals surface area contributed by atoms with Crippen LogP contribution in [-0.4, -0.2) is 16.5 Å². The Bertz CT molecular complexity index is 312. The van der Waals surface area contributed by atoms with Gasteiger partial charge < -0.3 is 0 Å². The molecule has 1 aromatic rings. The van der Waals surface area contributed by atoms with Crippen LogP contribution >= 0.6 is 23.4 Å². The topological polar surface area (TPSA) is 25.8 Å². The molecule has 0 radical (unpaired) electrons. The molecule has 0 atom stereocenters. The molecule has 4 heteroatoms. The Labute approximate surface area is 81.0 Å². The number of hydrogen-bond donors (Lipinski definition) is 0. The van der Waals surface area contributed by atoms with Crippen LogP contribution in [0.15, 0.2) is 17.7 Å². The molecule has 0 saturated heterocycles. The van der Waals surface area contributed by atoms with Crippen LogP contribution in [0.2, 0.25) is 5.02 Å². The van der Waals surface area contributed by atoms with Gasteiger partial charge in [0.1, 0.15) is 5.69 Å². The summed E-state index contributed by atoms with van der Waals surface area (Å²) in [6, 6.07) is 0. The van der Waals surface area contributed by atoms with Gasteiger partial charge in [-0.15, -0.1) is 16.9 Å². The van der Waals surface area contributed by atoms with E-state index in [9.17, 15) is 0 Å². The molecule has 1 heterocycles. The van der Waals surface area contributed by atoms with E-state index >= 15 is 0 Å². The lowest BCUT2D eigenvalue weighted by Gasteiger charge is -2.05. The summed E-state index contributed by atoms with van der Waals surface area (Å²) in [5.41, 5.74) is 1.67. The first-order valence-electron chi connectivity index (χ1n) is 3.38. The second kappa shape index (κ2) is 3.92. The molecular weight excluding hydrogens is 192 g/mol. The molecule has 0 amide bonds. The summed E-state index contributed by atoms with van der Waals surface area (Å²) < 4.78 is 0. The van der Waals surface area contributed by atoms with Crippen molar-refractivity contribution >= 4 is 28.9 Å². The SMILES string of the molecule is C=C(C)c1nncc(Cl)c1SC. The minimum atomic E-state index is 0.635. The van der Waals surface area contributed by atoms with Crippen LogP contribution < -0.4 is 0 Å². The Balaban J connectivity index is 3.27. The zero-order valence-electron chi connectivity index (χ0n) is 6.97. The summed E-state index contributed by atoms with van der Waals surface area (Å²) in [5.74, 6) is 0. The molecule has 12 heavy (non-hydrogen) atoms. The first-order valence-corrected chi connectivity index (χ1v) is 4.98. The molecule has 0 saturated carbocycles. The van der Waals surface area contributed by atoms with Crippen molar-refractivity contribution in [2.24, 2.45) is 0 Å². The number of hydrogen-bond acceptors (Lipinski definition) is 3. The van der Waals surface area contributed by atoms with Crippen LogP contribution in [0.1, 0.15) is 12.6 Å². The van der Waals surface area contributed by atoms with E-state index in [0.29, 0.717) is 5.02 Å². The molecule has 1 aromatic heterocycles. The largest absolute Gasteiger partial charge is 0.157 e. The molecular formula is C8H9ClN2S. The van der Waals surface area contributed by atoms with Crippen molar-refractivity contribution in [1.29, 1.82) is 0 Å². The summed E-state index contributed by atoms with van der Waals surface area (Å²) >= 11 is 7.46. The highest BCUT2D eigenvalue weighted by Crippen LogP contribution is 2.29. The fourth-order valence-corrected chi connectivity index (χ4v) is 1.85. The van der Waals surface area contributed by atoms with Gasteiger partial charge >= 0.3 is 0 Å². The van der Waals surface area contributed by atoms with Crippen LogP contribution in [0, 0.1) is 0 Å². The van der Waals surface area contributed by atoms with Gasteiger partial charge in [-0.1, -0.05) is 18.2 Å². The van der Waals surface area contributed by atoms with Crippen LogP contribution in [0.25, 0.3) is 5.57 Å². The fraction of sp³-hybridized carbons (Fsp3) is 0.250. The van der Waals surface area contributed by atoms with Crippen molar-refractivity contribution in [2.45, 2.75) is 11.8 Å². The maximum absolute atomic E-state index is 5.91. The minimum absolute atomic E-state index is 0.635. The Morgan fingerprint density at radius 3 is 2.75 bits per heavy atom. The second-order valence-electron chi connectivity index (χ2n) is 2.35. The third kappa shape index (κ3) is 1.79. The first kappa shape index (κ1) is 9.55. The van der Waals surface area contributed by atoms with Gasteiger partial charge in [-0.25, -0.2) is 0 Å². The van der Waals surface area contributed by atoms with Crippen molar-refractivity contribution in [1.82, 2.24) is 10.2 Å². The van der Waals surface area contributed by atoms with E-state index in [2.05, 4.69) is 16.8 Å². The number of allylic oxidation sites excluding steroid dienone is 1. The lowest BCUT2D eigenvalue weighted by Crippen LogP contribution is -1.92. The molecule has 0 aromatic carbocycles. The zero-order valence-corrected chi connectivity index (χ0v) is 8.54. The fourth-order valence-electron chi connectivity index (χ4n) is 0.828. The van der Waals surface area contributed by atoms with Crippen molar-refractivity contribution < 1.29 is 0 Å². The lowest BCUT2D eigenvalue weighted by atomic mass is 10.2. The molecule has 0 bridgehead atoms. The van der Waals surface area contributed by atoms with Crippen molar-refractivity contribution in [3.8, 4) is 0 Å². The van der Waals surface area contributed by atoms with Gasteiger partial charge in [0.15, 0.2) is 0 Å². The summed E-state index contributed by atoms with van der Waals surface area (Å²) in [6.45, 7) is 5.69. The molecule has 1 rings (SSSR count).